The molecule has 6 nitrogen and oxygen atoms in total. The Balaban J connectivity index is 1.36. The van der Waals surface area contributed by atoms with Gasteiger partial charge in [0.15, 0.2) is 0 Å². The maximum atomic E-state index is 12.6. The molecule has 0 spiro atoms. The summed E-state index contributed by atoms with van der Waals surface area (Å²) in [5, 5.41) is 0. The molecule has 0 N–H and O–H groups in total. The first-order valence-corrected chi connectivity index (χ1v) is 8.71. The van der Waals surface area contributed by atoms with E-state index in [2.05, 4.69) is 26.7 Å². The lowest BCUT2D eigenvalue weighted by Crippen LogP contribution is -2.64. The van der Waals surface area contributed by atoms with Crippen LogP contribution in [0.15, 0.2) is 30.6 Å². The quantitative estimate of drug-likeness (QED) is 0.846. The zero-order valence-electron chi connectivity index (χ0n) is 14.1. The summed E-state index contributed by atoms with van der Waals surface area (Å²) >= 11 is 0. The lowest BCUT2D eigenvalue weighted by atomic mass is 10.0. The van der Waals surface area contributed by atoms with E-state index in [0.717, 1.165) is 56.8 Å². The van der Waals surface area contributed by atoms with Crippen molar-refractivity contribution >= 4 is 16.9 Å². The molecule has 1 aromatic heterocycles. The molecule has 0 atom stereocenters. The number of carbonyl (C=O) groups is 1. The predicted molar refractivity (Wildman–Crippen MR) is 92.9 cm³/mol. The fraction of sp³-hybridized carbons (Fsp3) is 0.500. The highest BCUT2D eigenvalue weighted by Gasteiger charge is 2.36. The van der Waals surface area contributed by atoms with Crippen LogP contribution in [0.25, 0.3) is 11.0 Å². The number of carbonyl (C=O) groups excluding carboxylic acids is 1. The average molecular weight is 325 g/mol. The number of nitrogens with zero attached hydrogens (tertiary/aromatic N) is 5. The third-order valence-electron chi connectivity index (χ3n) is 5.24. The van der Waals surface area contributed by atoms with Crippen LogP contribution in [0.2, 0.25) is 0 Å². The minimum absolute atomic E-state index is 0.103. The summed E-state index contributed by atoms with van der Waals surface area (Å²) in [4.78, 5) is 28.1. The van der Waals surface area contributed by atoms with E-state index < -0.39 is 0 Å². The molecule has 4 rings (SSSR count). The van der Waals surface area contributed by atoms with Gasteiger partial charge < -0.3 is 9.80 Å². The van der Waals surface area contributed by atoms with E-state index in [1.165, 1.54) is 0 Å². The number of likely N-dealkylation sites (tertiary alicyclic amines) is 1. The van der Waals surface area contributed by atoms with E-state index in [4.69, 9.17) is 0 Å². The molecule has 2 fully saturated rings. The molecule has 2 saturated heterocycles. The molecular formula is C18H23N5O. The summed E-state index contributed by atoms with van der Waals surface area (Å²) in [7, 11) is 0. The van der Waals surface area contributed by atoms with E-state index in [-0.39, 0.29) is 5.91 Å². The minimum atomic E-state index is 0.103. The first kappa shape index (κ1) is 15.5. The van der Waals surface area contributed by atoms with Crippen molar-refractivity contribution in [2.45, 2.75) is 13.0 Å². The van der Waals surface area contributed by atoms with E-state index >= 15 is 0 Å². The molecule has 2 aliphatic rings. The molecule has 6 heteroatoms. The Kier molecular flexibility index (Phi) is 4.16. The normalized spacial score (nSPS) is 20.3. The van der Waals surface area contributed by atoms with Gasteiger partial charge in [0.05, 0.1) is 11.0 Å². The predicted octanol–water partition coefficient (Wildman–Crippen LogP) is 1.09. The second-order valence-electron chi connectivity index (χ2n) is 6.59. The summed E-state index contributed by atoms with van der Waals surface area (Å²) in [5.41, 5.74) is 2.30. The number of hydrogen-bond donors (Lipinski definition) is 0. The van der Waals surface area contributed by atoms with Crippen molar-refractivity contribution in [3.05, 3.63) is 36.2 Å². The molecule has 1 amide bonds. The molecule has 3 heterocycles. The first-order chi connectivity index (χ1) is 11.7. The summed E-state index contributed by atoms with van der Waals surface area (Å²) in [6.07, 6.45) is 3.33. The molecule has 0 bridgehead atoms. The summed E-state index contributed by atoms with van der Waals surface area (Å²) in [5.74, 6) is 0.103. The van der Waals surface area contributed by atoms with Gasteiger partial charge in [-0.2, -0.15) is 0 Å². The number of hydrogen-bond acceptors (Lipinski definition) is 5. The van der Waals surface area contributed by atoms with Crippen LogP contribution < -0.4 is 0 Å². The second-order valence-corrected chi connectivity index (χ2v) is 6.59. The third kappa shape index (κ3) is 2.87. The number of piperazine rings is 1. The number of amides is 1. The van der Waals surface area contributed by atoms with Crippen LogP contribution in [0.4, 0.5) is 0 Å². The standard InChI is InChI=1S/C18H23N5O/c1-2-21-7-9-22(10-8-21)15-12-23(13-15)18(24)14-3-4-16-17(11-14)20-6-5-19-16/h3-6,11,15H,2,7-10,12-13H2,1H3. The van der Waals surface area contributed by atoms with Crippen molar-refractivity contribution in [1.82, 2.24) is 24.7 Å². The van der Waals surface area contributed by atoms with Crippen LogP contribution in [0.3, 0.4) is 0 Å². The summed E-state index contributed by atoms with van der Waals surface area (Å²) < 4.78 is 0. The van der Waals surface area contributed by atoms with Gasteiger partial charge in [-0.25, -0.2) is 0 Å². The van der Waals surface area contributed by atoms with Crippen LogP contribution >= 0.6 is 0 Å². The van der Waals surface area contributed by atoms with Crippen molar-refractivity contribution in [3.8, 4) is 0 Å². The fourth-order valence-corrected chi connectivity index (χ4v) is 3.58. The summed E-state index contributed by atoms with van der Waals surface area (Å²) in [6.45, 7) is 9.54. The molecule has 0 aliphatic carbocycles. The van der Waals surface area contributed by atoms with Crippen molar-refractivity contribution < 1.29 is 4.79 Å². The van der Waals surface area contributed by atoms with Gasteiger partial charge in [0.1, 0.15) is 0 Å². The Morgan fingerprint density at radius 3 is 2.50 bits per heavy atom. The van der Waals surface area contributed by atoms with E-state index in [1.807, 2.05) is 23.1 Å². The molecule has 2 aromatic rings. The van der Waals surface area contributed by atoms with Gasteiger partial charge in [0, 0.05) is 63.3 Å². The largest absolute Gasteiger partial charge is 0.335 e. The molecule has 0 unspecified atom stereocenters. The van der Waals surface area contributed by atoms with Gasteiger partial charge in [-0.3, -0.25) is 19.7 Å². The number of fused-ring (bicyclic) bond motifs is 1. The molecule has 0 radical (unpaired) electrons. The Bertz CT molecular complexity index is 735. The first-order valence-electron chi connectivity index (χ1n) is 8.71. The van der Waals surface area contributed by atoms with Crippen molar-refractivity contribution in [2.24, 2.45) is 0 Å². The van der Waals surface area contributed by atoms with E-state index in [1.54, 1.807) is 12.4 Å². The number of rotatable bonds is 3. The highest BCUT2D eigenvalue weighted by molar-refractivity contribution is 5.97. The topological polar surface area (TPSA) is 52.6 Å². The lowest BCUT2D eigenvalue weighted by Gasteiger charge is -2.48. The highest BCUT2D eigenvalue weighted by Crippen LogP contribution is 2.21. The van der Waals surface area contributed by atoms with Crippen LogP contribution in [0.5, 0.6) is 0 Å². The number of aromatic nitrogens is 2. The van der Waals surface area contributed by atoms with Crippen molar-refractivity contribution in [2.75, 3.05) is 45.8 Å². The Hall–Kier alpha value is -2.05. The number of likely N-dealkylation sites (N-methyl/N-ethyl adjacent to an activating group) is 1. The van der Waals surface area contributed by atoms with Gasteiger partial charge in [0.2, 0.25) is 0 Å². The van der Waals surface area contributed by atoms with Crippen LogP contribution in [-0.4, -0.2) is 82.4 Å². The molecule has 1 aromatic carbocycles. The molecule has 0 saturated carbocycles. The van der Waals surface area contributed by atoms with Crippen LogP contribution in [0, 0.1) is 0 Å². The minimum Gasteiger partial charge on any atom is -0.335 e. The van der Waals surface area contributed by atoms with Crippen LogP contribution in [0.1, 0.15) is 17.3 Å². The zero-order valence-corrected chi connectivity index (χ0v) is 14.1. The van der Waals surface area contributed by atoms with Gasteiger partial charge >= 0.3 is 0 Å². The Morgan fingerprint density at radius 2 is 1.79 bits per heavy atom. The van der Waals surface area contributed by atoms with Gasteiger partial charge in [0.25, 0.3) is 5.91 Å². The maximum Gasteiger partial charge on any atom is 0.254 e. The monoisotopic (exact) mass is 325 g/mol. The third-order valence-corrected chi connectivity index (χ3v) is 5.24. The van der Waals surface area contributed by atoms with Crippen molar-refractivity contribution in [1.29, 1.82) is 0 Å². The Labute approximate surface area is 142 Å². The van der Waals surface area contributed by atoms with Gasteiger partial charge in [-0.1, -0.05) is 6.92 Å². The lowest BCUT2D eigenvalue weighted by molar-refractivity contribution is 0.00841. The fourth-order valence-electron chi connectivity index (χ4n) is 3.58. The second kappa shape index (κ2) is 6.45. The highest BCUT2D eigenvalue weighted by atomic mass is 16.2. The van der Waals surface area contributed by atoms with E-state index in [0.29, 0.717) is 11.6 Å². The summed E-state index contributed by atoms with van der Waals surface area (Å²) in [6, 6.07) is 6.09. The van der Waals surface area contributed by atoms with Gasteiger partial charge in [-0.15, -0.1) is 0 Å². The average Bonchev–Trinajstić information content (AvgIpc) is 2.60. The Morgan fingerprint density at radius 1 is 1.08 bits per heavy atom. The van der Waals surface area contributed by atoms with Crippen LogP contribution in [-0.2, 0) is 0 Å². The molecular weight excluding hydrogens is 302 g/mol. The molecule has 126 valence electrons. The molecule has 24 heavy (non-hydrogen) atoms. The SMILES string of the molecule is CCN1CCN(C2CN(C(=O)c3ccc4nccnc4c3)C2)CC1. The van der Waals surface area contributed by atoms with Gasteiger partial charge in [-0.05, 0) is 24.7 Å². The zero-order chi connectivity index (χ0) is 16.5. The molecule has 2 aliphatic heterocycles. The van der Waals surface area contributed by atoms with Crippen molar-refractivity contribution in [3.63, 3.8) is 0 Å². The smallest absolute Gasteiger partial charge is 0.254 e. The van der Waals surface area contributed by atoms with E-state index in [9.17, 15) is 4.79 Å². The number of benzene rings is 1. The maximum absolute atomic E-state index is 12.6.